The van der Waals surface area contributed by atoms with E-state index >= 15 is 0 Å². The molecule has 0 aliphatic carbocycles. The van der Waals surface area contributed by atoms with Crippen LogP contribution in [-0.4, -0.2) is 61.4 Å². The molecule has 7 heteroatoms. The first-order valence-electron chi connectivity index (χ1n) is 5.98. The number of hydrogen-bond acceptors (Lipinski definition) is 4. The van der Waals surface area contributed by atoms with Gasteiger partial charge in [0.25, 0.3) is 0 Å². The zero-order valence-electron chi connectivity index (χ0n) is 10.5. The molecule has 0 spiro atoms. The summed E-state index contributed by atoms with van der Waals surface area (Å²) in [6, 6.07) is -0.0542. The summed E-state index contributed by atoms with van der Waals surface area (Å²) in [6.07, 6.45) is 0.788. The Kier molecular flexibility index (Phi) is 4.91. The summed E-state index contributed by atoms with van der Waals surface area (Å²) in [5, 5.41) is 7.50. The van der Waals surface area contributed by atoms with Gasteiger partial charge >= 0.3 is 0 Å². The molecule has 0 aromatic carbocycles. The minimum atomic E-state index is -3.08. The molecule has 3 N–H and O–H groups in total. The highest BCUT2D eigenvalue weighted by atomic mass is 32.2. The molecular formula is C10H22N4O2S. The predicted octanol–water partition coefficient (Wildman–Crippen LogP) is -0.332. The van der Waals surface area contributed by atoms with Crippen molar-refractivity contribution >= 4 is 15.9 Å². The van der Waals surface area contributed by atoms with Gasteiger partial charge in [-0.2, -0.15) is 4.31 Å². The molecule has 100 valence electrons. The van der Waals surface area contributed by atoms with Crippen LogP contribution in [0, 0.1) is 5.41 Å². The SMILES string of the molecule is CCC(C(=N)N)N1CCN(S(=O)(=O)CC)CC1. The van der Waals surface area contributed by atoms with Gasteiger partial charge in [0.2, 0.25) is 10.0 Å². The number of sulfonamides is 1. The summed E-state index contributed by atoms with van der Waals surface area (Å²) in [6.45, 7) is 5.95. The molecular weight excluding hydrogens is 240 g/mol. The van der Waals surface area contributed by atoms with Gasteiger partial charge in [-0.05, 0) is 13.3 Å². The van der Waals surface area contributed by atoms with E-state index in [1.807, 2.05) is 6.92 Å². The van der Waals surface area contributed by atoms with Crippen LogP contribution in [0.1, 0.15) is 20.3 Å². The van der Waals surface area contributed by atoms with Crippen LogP contribution in [0.5, 0.6) is 0 Å². The fourth-order valence-electron chi connectivity index (χ4n) is 2.15. The molecule has 6 nitrogen and oxygen atoms in total. The van der Waals surface area contributed by atoms with Crippen molar-refractivity contribution < 1.29 is 8.42 Å². The smallest absolute Gasteiger partial charge is 0.213 e. The van der Waals surface area contributed by atoms with Crippen LogP contribution in [0.2, 0.25) is 0 Å². The van der Waals surface area contributed by atoms with Crippen molar-refractivity contribution in [2.24, 2.45) is 5.73 Å². The van der Waals surface area contributed by atoms with Gasteiger partial charge in [0.1, 0.15) is 5.84 Å². The molecule has 0 bridgehead atoms. The van der Waals surface area contributed by atoms with E-state index in [4.69, 9.17) is 11.1 Å². The van der Waals surface area contributed by atoms with Gasteiger partial charge in [-0.1, -0.05) is 6.92 Å². The second kappa shape index (κ2) is 5.79. The van der Waals surface area contributed by atoms with Crippen molar-refractivity contribution in [1.82, 2.24) is 9.21 Å². The van der Waals surface area contributed by atoms with Gasteiger partial charge in [-0.25, -0.2) is 8.42 Å². The Morgan fingerprint density at radius 3 is 2.18 bits per heavy atom. The number of nitrogens with two attached hydrogens (primary N) is 1. The van der Waals surface area contributed by atoms with E-state index in [-0.39, 0.29) is 17.6 Å². The maximum absolute atomic E-state index is 11.7. The van der Waals surface area contributed by atoms with Gasteiger partial charge in [-0.3, -0.25) is 10.3 Å². The summed E-state index contributed by atoms with van der Waals surface area (Å²) in [7, 11) is -3.08. The first kappa shape index (κ1) is 14.4. The fourth-order valence-corrected chi connectivity index (χ4v) is 3.24. The lowest BCUT2D eigenvalue weighted by atomic mass is 10.1. The number of amidine groups is 1. The van der Waals surface area contributed by atoms with Crippen LogP contribution >= 0.6 is 0 Å². The molecule has 1 aliphatic rings. The third-order valence-electron chi connectivity index (χ3n) is 3.22. The lowest BCUT2D eigenvalue weighted by Gasteiger charge is -2.37. The summed E-state index contributed by atoms with van der Waals surface area (Å²) in [4.78, 5) is 2.09. The molecule has 1 fully saturated rings. The molecule has 0 aromatic heterocycles. The van der Waals surface area contributed by atoms with Crippen molar-refractivity contribution in [1.29, 1.82) is 5.41 Å². The monoisotopic (exact) mass is 262 g/mol. The Hall–Kier alpha value is -0.660. The average molecular weight is 262 g/mol. The van der Waals surface area contributed by atoms with Crippen LogP contribution in [0.3, 0.4) is 0 Å². The number of rotatable bonds is 5. The van der Waals surface area contributed by atoms with Crippen molar-refractivity contribution in [2.75, 3.05) is 31.9 Å². The van der Waals surface area contributed by atoms with Crippen molar-refractivity contribution in [3.8, 4) is 0 Å². The van der Waals surface area contributed by atoms with E-state index in [0.29, 0.717) is 26.2 Å². The highest BCUT2D eigenvalue weighted by molar-refractivity contribution is 7.89. The molecule has 0 saturated carbocycles. The zero-order valence-corrected chi connectivity index (χ0v) is 11.3. The predicted molar refractivity (Wildman–Crippen MR) is 68.6 cm³/mol. The summed E-state index contributed by atoms with van der Waals surface area (Å²) in [5.74, 6) is 0.316. The van der Waals surface area contributed by atoms with E-state index in [1.54, 1.807) is 6.92 Å². The molecule has 0 aromatic rings. The standard InChI is InChI=1S/C10H22N4O2S/c1-3-9(10(11)12)13-5-7-14(8-6-13)17(15,16)4-2/h9H,3-8H2,1-2H3,(H3,11,12). The molecule has 1 unspecified atom stereocenters. The molecule has 1 atom stereocenters. The average Bonchev–Trinajstić information content (AvgIpc) is 2.30. The van der Waals surface area contributed by atoms with Gasteiger partial charge in [-0.15, -0.1) is 0 Å². The van der Waals surface area contributed by atoms with Gasteiger partial charge in [0, 0.05) is 26.2 Å². The lowest BCUT2D eigenvalue weighted by molar-refractivity contribution is 0.164. The fraction of sp³-hybridized carbons (Fsp3) is 0.900. The second-order valence-corrected chi connectivity index (χ2v) is 6.47. The molecule has 1 heterocycles. The van der Waals surface area contributed by atoms with E-state index in [2.05, 4.69) is 4.90 Å². The zero-order chi connectivity index (χ0) is 13.1. The van der Waals surface area contributed by atoms with E-state index in [1.165, 1.54) is 4.31 Å². The van der Waals surface area contributed by atoms with Gasteiger partial charge < -0.3 is 5.73 Å². The van der Waals surface area contributed by atoms with Crippen molar-refractivity contribution in [2.45, 2.75) is 26.3 Å². The number of hydrogen-bond donors (Lipinski definition) is 2. The highest BCUT2D eigenvalue weighted by Gasteiger charge is 2.29. The Balaban J connectivity index is 2.59. The number of nitrogens with zero attached hydrogens (tertiary/aromatic N) is 2. The Morgan fingerprint density at radius 1 is 1.29 bits per heavy atom. The van der Waals surface area contributed by atoms with Crippen LogP contribution in [0.25, 0.3) is 0 Å². The topological polar surface area (TPSA) is 90.5 Å². The van der Waals surface area contributed by atoms with Gasteiger partial charge in [0.05, 0.1) is 11.8 Å². The molecule has 0 radical (unpaired) electrons. The summed E-state index contributed by atoms with van der Waals surface area (Å²) >= 11 is 0. The number of nitrogens with one attached hydrogen (secondary N) is 1. The van der Waals surface area contributed by atoms with Gasteiger partial charge in [0.15, 0.2) is 0 Å². The quantitative estimate of drug-likeness (QED) is 0.524. The Labute approximate surface area is 103 Å². The largest absolute Gasteiger partial charge is 0.386 e. The molecule has 0 amide bonds. The highest BCUT2D eigenvalue weighted by Crippen LogP contribution is 2.12. The first-order valence-corrected chi connectivity index (χ1v) is 7.59. The second-order valence-electron chi connectivity index (χ2n) is 4.21. The van der Waals surface area contributed by atoms with Crippen LogP contribution < -0.4 is 5.73 Å². The van der Waals surface area contributed by atoms with Crippen LogP contribution in [0.15, 0.2) is 0 Å². The minimum Gasteiger partial charge on any atom is -0.386 e. The normalized spacial score (nSPS) is 21.3. The minimum absolute atomic E-state index is 0.0542. The van der Waals surface area contributed by atoms with E-state index in [9.17, 15) is 8.42 Å². The first-order chi connectivity index (χ1) is 7.92. The third-order valence-corrected chi connectivity index (χ3v) is 5.10. The summed E-state index contributed by atoms with van der Waals surface area (Å²) in [5.41, 5.74) is 5.53. The third kappa shape index (κ3) is 3.40. The molecule has 1 saturated heterocycles. The lowest BCUT2D eigenvalue weighted by Crippen LogP contribution is -2.55. The summed E-state index contributed by atoms with van der Waals surface area (Å²) < 4.78 is 24.9. The van der Waals surface area contributed by atoms with Crippen LogP contribution in [0.4, 0.5) is 0 Å². The van der Waals surface area contributed by atoms with Crippen molar-refractivity contribution in [3.63, 3.8) is 0 Å². The van der Waals surface area contributed by atoms with Crippen molar-refractivity contribution in [3.05, 3.63) is 0 Å². The molecule has 17 heavy (non-hydrogen) atoms. The maximum Gasteiger partial charge on any atom is 0.213 e. The molecule has 1 rings (SSSR count). The van der Waals surface area contributed by atoms with E-state index < -0.39 is 10.0 Å². The van der Waals surface area contributed by atoms with E-state index in [0.717, 1.165) is 6.42 Å². The Bertz CT molecular complexity index is 361. The Morgan fingerprint density at radius 2 is 1.82 bits per heavy atom. The molecule has 1 aliphatic heterocycles. The maximum atomic E-state index is 11.7. The van der Waals surface area contributed by atoms with Crippen LogP contribution in [-0.2, 0) is 10.0 Å². The number of piperazine rings is 1.